The molecule has 0 aliphatic carbocycles. The maximum absolute atomic E-state index is 6.06. The molecule has 0 heterocycles. The SMILES string of the molecule is COc1ccc(Cl)cc1CC(NN)c1cc(Br)ccc1N. The minimum atomic E-state index is -0.144. The Balaban J connectivity index is 2.35. The lowest BCUT2D eigenvalue weighted by atomic mass is 9.97. The summed E-state index contributed by atoms with van der Waals surface area (Å²) in [7, 11) is 1.63. The number of hydrazine groups is 1. The Morgan fingerprint density at radius 3 is 2.71 bits per heavy atom. The molecule has 2 rings (SSSR count). The van der Waals surface area contributed by atoms with Crippen LogP contribution in [0, 0.1) is 0 Å². The minimum absolute atomic E-state index is 0.144. The van der Waals surface area contributed by atoms with Gasteiger partial charge in [0.1, 0.15) is 5.75 Å². The molecule has 0 aliphatic heterocycles. The molecule has 2 aromatic rings. The summed E-state index contributed by atoms with van der Waals surface area (Å²) in [5.41, 5.74) is 11.4. The Morgan fingerprint density at radius 1 is 1.29 bits per heavy atom. The van der Waals surface area contributed by atoms with Gasteiger partial charge in [0.15, 0.2) is 0 Å². The molecule has 0 aliphatic rings. The Morgan fingerprint density at radius 2 is 2.05 bits per heavy atom. The van der Waals surface area contributed by atoms with Crippen LogP contribution in [-0.2, 0) is 6.42 Å². The van der Waals surface area contributed by atoms with Gasteiger partial charge < -0.3 is 10.5 Å². The maximum Gasteiger partial charge on any atom is 0.122 e. The highest BCUT2D eigenvalue weighted by Gasteiger charge is 2.16. The lowest BCUT2D eigenvalue weighted by molar-refractivity contribution is 0.405. The van der Waals surface area contributed by atoms with Crippen LogP contribution in [0.4, 0.5) is 5.69 Å². The van der Waals surface area contributed by atoms with Crippen molar-refractivity contribution in [2.24, 2.45) is 5.84 Å². The van der Waals surface area contributed by atoms with Crippen molar-refractivity contribution >= 4 is 33.2 Å². The van der Waals surface area contributed by atoms with E-state index in [4.69, 9.17) is 27.9 Å². The van der Waals surface area contributed by atoms with E-state index in [1.165, 1.54) is 0 Å². The van der Waals surface area contributed by atoms with Gasteiger partial charge in [-0.15, -0.1) is 0 Å². The summed E-state index contributed by atoms with van der Waals surface area (Å²) in [6.45, 7) is 0. The lowest BCUT2D eigenvalue weighted by Gasteiger charge is -2.20. The molecule has 0 saturated carbocycles. The number of hydrogen-bond acceptors (Lipinski definition) is 4. The quantitative estimate of drug-likeness (QED) is 0.428. The van der Waals surface area contributed by atoms with Gasteiger partial charge in [0.05, 0.1) is 13.2 Å². The van der Waals surface area contributed by atoms with Crippen molar-refractivity contribution in [2.45, 2.75) is 12.5 Å². The van der Waals surface area contributed by atoms with Crippen LogP contribution >= 0.6 is 27.5 Å². The fourth-order valence-electron chi connectivity index (χ4n) is 2.23. The van der Waals surface area contributed by atoms with Crippen molar-refractivity contribution in [3.63, 3.8) is 0 Å². The number of nitrogens with one attached hydrogen (secondary N) is 1. The highest BCUT2D eigenvalue weighted by atomic mass is 79.9. The number of hydrogen-bond donors (Lipinski definition) is 3. The summed E-state index contributed by atoms with van der Waals surface area (Å²) in [5.74, 6) is 6.48. The van der Waals surface area contributed by atoms with Gasteiger partial charge in [-0.05, 0) is 53.9 Å². The molecular formula is C15H17BrClN3O. The molecule has 1 atom stereocenters. The summed E-state index contributed by atoms with van der Waals surface area (Å²) < 4.78 is 6.32. The summed E-state index contributed by atoms with van der Waals surface area (Å²) in [6, 6.07) is 11.1. The van der Waals surface area contributed by atoms with E-state index in [1.807, 2.05) is 30.3 Å². The molecule has 2 aromatic carbocycles. The molecule has 21 heavy (non-hydrogen) atoms. The van der Waals surface area contributed by atoms with Crippen molar-refractivity contribution < 1.29 is 4.74 Å². The fourth-order valence-corrected chi connectivity index (χ4v) is 2.81. The molecule has 0 fully saturated rings. The third-order valence-electron chi connectivity index (χ3n) is 3.29. The standard InChI is InChI=1S/C15H17BrClN3O/c1-21-15-5-3-11(17)6-9(15)7-14(20-19)12-8-10(16)2-4-13(12)18/h2-6,8,14,20H,7,18-19H2,1H3. The molecule has 112 valence electrons. The van der Waals surface area contributed by atoms with Gasteiger partial charge in [0.25, 0.3) is 0 Å². The number of methoxy groups -OCH3 is 1. The van der Waals surface area contributed by atoms with Crippen LogP contribution in [0.2, 0.25) is 5.02 Å². The maximum atomic E-state index is 6.06. The molecule has 0 saturated heterocycles. The van der Waals surface area contributed by atoms with Gasteiger partial charge in [-0.2, -0.15) is 0 Å². The van der Waals surface area contributed by atoms with Crippen LogP contribution in [0.1, 0.15) is 17.2 Å². The molecule has 1 unspecified atom stereocenters. The number of rotatable bonds is 5. The van der Waals surface area contributed by atoms with Gasteiger partial charge in [-0.1, -0.05) is 27.5 Å². The van der Waals surface area contributed by atoms with Crippen LogP contribution in [-0.4, -0.2) is 7.11 Å². The number of anilines is 1. The van der Waals surface area contributed by atoms with E-state index in [0.717, 1.165) is 21.3 Å². The Hall–Kier alpha value is -1.27. The van der Waals surface area contributed by atoms with E-state index in [-0.39, 0.29) is 6.04 Å². The third-order valence-corrected chi connectivity index (χ3v) is 4.02. The average Bonchev–Trinajstić information content (AvgIpc) is 2.47. The molecule has 0 bridgehead atoms. The van der Waals surface area contributed by atoms with Crippen LogP contribution < -0.4 is 21.7 Å². The van der Waals surface area contributed by atoms with E-state index >= 15 is 0 Å². The van der Waals surface area contributed by atoms with Crippen molar-refractivity contribution in [2.75, 3.05) is 12.8 Å². The molecule has 4 nitrogen and oxygen atoms in total. The smallest absolute Gasteiger partial charge is 0.122 e. The van der Waals surface area contributed by atoms with E-state index in [2.05, 4.69) is 21.4 Å². The van der Waals surface area contributed by atoms with Gasteiger partial charge in [-0.25, -0.2) is 0 Å². The zero-order chi connectivity index (χ0) is 15.4. The zero-order valence-electron chi connectivity index (χ0n) is 11.6. The number of benzene rings is 2. The number of ether oxygens (including phenoxy) is 1. The van der Waals surface area contributed by atoms with Gasteiger partial charge >= 0.3 is 0 Å². The lowest BCUT2D eigenvalue weighted by Crippen LogP contribution is -2.30. The Kier molecular flexibility index (Phi) is 5.47. The van der Waals surface area contributed by atoms with Crippen molar-refractivity contribution in [3.05, 3.63) is 57.0 Å². The molecule has 0 spiro atoms. The average molecular weight is 371 g/mol. The van der Waals surface area contributed by atoms with Crippen molar-refractivity contribution in [1.82, 2.24) is 5.43 Å². The molecule has 0 aromatic heterocycles. The van der Waals surface area contributed by atoms with E-state index in [9.17, 15) is 0 Å². The monoisotopic (exact) mass is 369 g/mol. The zero-order valence-corrected chi connectivity index (χ0v) is 13.9. The van der Waals surface area contributed by atoms with Gasteiger partial charge in [0, 0.05) is 15.2 Å². The van der Waals surface area contributed by atoms with Crippen LogP contribution in [0.5, 0.6) is 5.75 Å². The topological polar surface area (TPSA) is 73.3 Å². The summed E-state index contributed by atoms with van der Waals surface area (Å²) in [5, 5.41) is 0.656. The first-order valence-corrected chi connectivity index (χ1v) is 7.55. The van der Waals surface area contributed by atoms with Crippen molar-refractivity contribution in [1.29, 1.82) is 0 Å². The minimum Gasteiger partial charge on any atom is -0.496 e. The van der Waals surface area contributed by atoms with Gasteiger partial charge in [0.2, 0.25) is 0 Å². The molecule has 5 N–H and O–H groups in total. The predicted molar refractivity (Wildman–Crippen MR) is 90.3 cm³/mol. The predicted octanol–water partition coefficient (Wildman–Crippen LogP) is 3.44. The van der Waals surface area contributed by atoms with Gasteiger partial charge in [-0.3, -0.25) is 11.3 Å². The Bertz CT molecular complexity index is 636. The van der Waals surface area contributed by atoms with Crippen LogP contribution in [0.25, 0.3) is 0 Å². The highest BCUT2D eigenvalue weighted by Crippen LogP contribution is 2.30. The number of nitrogen functional groups attached to an aromatic ring is 1. The van der Waals surface area contributed by atoms with Crippen LogP contribution in [0.15, 0.2) is 40.9 Å². The molecule has 0 radical (unpaired) electrons. The Labute approximate surface area is 137 Å². The summed E-state index contributed by atoms with van der Waals surface area (Å²) in [6.07, 6.45) is 0.612. The summed E-state index contributed by atoms with van der Waals surface area (Å²) in [4.78, 5) is 0. The molecule has 6 heteroatoms. The largest absolute Gasteiger partial charge is 0.496 e. The van der Waals surface area contributed by atoms with E-state index in [0.29, 0.717) is 17.1 Å². The fraction of sp³-hybridized carbons (Fsp3) is 0.200. The second kappa shape index (κ2) is 7.13. The second-order valence-electron chi connectivity index (χ2n) is 4.65. The first kappa shape index (κ1) is 16.1. The molecular weight excluding hydrogens is 354 g/mol. The second-order valence-corrected chi connectivity index (χ2v) is 6.00. The third kappa shape index (κ3) is 3.89. The molecule has 0 amide bonds. The first-order valence-electron chi connectivity index (χ1n) is 6.38. The van der Waals surface area contributed by atoms with E-state index in [1.54, 1.807) is 13.2 Å². The first-order chi connectivity index (χ1) is 10.0. The van der Waals surface area contributed by atoms with E-state index < -0.39 is 0 Å². The highest BCUT2D eigenvalue weighted by molar-refractivity contribution is 9.10. The van der Waals surface area contributed by atoms with Crippen LogP contribution in [0.3, 0.4) is 0 Å². The summed E-state index contributed by atoms with van der Waals surface area (Å²) >= 11 is 9.51. The number of nitrogens with two attached hydrogens (primary N) is 2. The van der Waals surface area contributed by atoms with Crippen molar-refractivity contribution in [3.8, 4) is 5.75 Å². The normalized spacial score (nSPS) is 12.2. The number of halogens is 2.